The van der Waals surface area contributed by atoms with Crippen molar-refractivity contribution in [1.29, 1.82) is 0 Å². The lowest BCUT2D eigenvalue weighted by molar-refractivity contribution is -0.186. The van der Waals surface area contributed by atoms with Crippen LogP contribution in [0.1, 0.15) is 86.5 Å². The standard InChI is InChI=1S/C26H36O5/c1-15-13-20-21(24(5)10-7-19(14-23(15)24)30-17(3)28)8-11-25(6)22(20)9-12-26(25,16(2)27)31-18(4)29/h14,20-22H,7-13H2,1-6H3/t20-,21+,22-,24-,25+,26+/m1/s1. The Balaban J connectivity index is 1.72. The van der Waals surface area contributed by atoms with Crippen LogP contribution >= 0.6 is 0 Å². The first-order valence-electron chi connectivity index (χ1n) is 11.7. The summed E-state index contributed by atoms with van der Waals surface area (Å²) in [4.78, 5) is 36.3. The molecular weight excluding hydrogens is 392 g/mol. The van der Waals surface area contributed by atoms with Crippen LogP contribution in [0.3, 0.4) is 0 Å². The lowest BCUT2D eigenvalue weighted by atomic mass is 9.46. The topological polar surface area (TPSA) is 69.7 Å². The summed E-state index contributed by atoms with van der Waals surface area (Å²) in [6.07, 6.45) is 8.36. The average molecular weight is 429 g/mol. The minimum atomic E-state index is -0.984. The van der Waals surface area contributed by atoms with Gasteiger partial charge in [0.25, 0.3) is 0 Å². The zero-order valence-electron chi connectivity index (χ0n) is 19.8. The van der Waals surface area contributed by atoms with Crippen LogP contribution in [0.4, 0.5) is 0 Å². The van der Waals surface area contributed by atoms with Gasteiger partial charge in [0.1, 0.15) is 5.76 Å². The second-order valence-corrected chi connectivity index (χ2v) is 10.9. The van der Waals surface area contributed by atoms with E-state index >= 15 is 0 Å². The van der Waals surface area contributed by atoms with Gasteiger partial charge in [0.2, 0.25) is 0 Å². The second-order valence-electron chi connectivity index (χ2n) is 10.9. The molecule has 5 nitrogen and oxygen atoms in total. The van der Waals surface area contributed by atoms with E-state index in [9.17, 15) is 14.4 Å². The molecule has 4 rings (SSSR count). The van der Waals surface area contributed by atoms with Gasteiger partial charge in [-0.2, -0.15) is 0 Å². The molecule has 0 N–H and O–H groups in total. The number of ketones is 1. The predicted molar refractivity (Wildman–Crippen MR) is 117 cm³/mol. The van der Waals surface area contributed by atoms with E-state index in [4.69, 9.17) is 9.47 Å². The Hall–Kier alpha value is -1.91. The Morgan fingerprint density at radius 3 is 2.26 bits per heavy atom. The molecular formula is C26H36O5. The molecule has 0 heterocycles. The number of carbonyl (C=O) groups is 3. The van der Waals surface area contributed by atoms with Crippen molar-refractivity contribution in [2.45, 2.75) is 92.1 Å². The molecule has 0 bridgehead atoms. The number of hydrogen-bond donors (Lipinski definition) is 0. The van der Waals surface area contributed by atoms with Crippen LogP contribution < -0.4 is 0 Å². The molecule has 2 saturated carbocycles. The minimum absolute atomic E-state index is 0.00672. The van der Waals surface area contributed by atoms with Crippen LogP contribution in [0.25, 0.3) is 0 Å². The second kappa shape index (κ2) is 7.31. The normalized spacial score (nSPS) is 41.5. The SMILES string of the molecule is CC(=O)OC1=CC2=C(C)C[C@H]3[C@H]4CC[C@](OC(C)=O)(C(C)=O)[C@@]4(C)CC[C@@H]3[C@@]2(C)CC1. The molecule has 2 fully saturated rings. The molecule has 31 heavy (non-hydrogen) atoms. The predicted octanol–water partition coefficient (Wildman–Crippen LogP) is 5.29. The Bertz CT molecular complexity index is 897. The number of allylic oxidation sites excluding steroid dienone is 4. The lowest BCUT2D eigenvalue weighted by Crippen LogP contribution is -2.58. The van der Waals surface area contributed by atoms with Crippen molar-refractivity contribution in [3.8, 4) is 0 Å². The van der Waals surface area contributed by atoms with Gasteiger partial charge in [-0.3, -0.25) is 14.4 Å². The third kappa shape index (κ3) is 3.14. The van der Waals surface area contributed by atoms with Crippen LogP contribution in [0, 0.1) is 28.6 Å². The van der Waals surface area contributed by atoms with Gasteiger partial charge < -0.3 is 9.47 Å². The Morgan fingerprint density at radius 2 is 1.65 bits per heavy atom. The van der Waals surface area contributed by atoms with E-state index in [0.717, 1.165) is 44.3 Å². The van der Waals surface area contributed by atoms with Crippen LogP contribution in [0.15, 0.2) is 23.0 Å². The molecule has 0 amide bonds. The number of rotatable bonds is 3. The Morgan fingerprint density at radius 1 is 0.968 bits per heavy atom. The quantitative estimate of drug-likeness (QED) is 0.572. The van der Waals surface area contributed by atoms with E-state index in [1.807, 2.05) is 0 Å². The van der Waals surface area contributed by atoms with Crippen molar-refractivity contribution >= 4 is 17.7 Å². The van der Waals surface area contributed by atoms with Gasteiger partial charge in [-0.05, 0) is 87.2 Å². The van der Waals surface area contributed by atoms with Crippen molar-refractivity contribution in [3.05, 3.63) is 23.0 Å². The molecule has 0 aliphatic heterocycles. The third-order valence-corrected chi connectivity index (χ3v) is 9.35. The first-order valence-corrected chi connectivity index (χ1v) is 11.7. The number of hydrogen-bond acceptors (Lipinski definition) is 5. The summed E-state index contributed by atoms with van der Waals surface area (Å²) in [5, 5.41) is 0. The summed E-state index contributed by atoms with van der Waals surface area (Å²) in [5.41, 5.74) is 1.47. The summed E-state index contributed by atoms with van der Waals surface area (Å²) >= 11 is 0. The van der Waals surface area contributed by atoms with Crippen molar-refractivity contribution in [2.75, 3.05) is 0 Å². The molecule has 4 aliphatic rings. The molecule has 6 atom stereocenters. The van der Waals surface area contributed by atoms with Crippen molar-refractivity contribution in [3.63, 3.8) is 0 Å². The highest BCUT2D eigenvalue weighted by atomic mass is 16.6. The molecule has 0 aromatic heterocycles. The highest BCUT2D eigenvalue weighted by Gasteiger charge is 2.67. The highest BCUT2D eigenvalue weighted by Crippen LogP contribution is 2.68. The monoisotopic (exact) mass is 428 g/mol. The molecule has 170 valence electrons. The highest BCUT2D eigenvalue weighted by molar-refractivity contribution is 5.89. The van der Waals surface area contributed by atoms with Crippen LogP contribution in [-0.2, 0) is 23.9 Å². The molecule has 0 radical (unpaired) electrons. The summed E-state index contributed by atoms with van der Waals surface area (Å²) < 4.78 is 11.3. The summed E-state index contributed by atoms with van der Waals surface area (Å²) in [7, 11) is 0. The van der Waals surface area contributed by atoms with Crippen LogP contribution in [0.2, 0.25) is 0 Å². The number of carbonyl (C=O) groups excluding carboxylic acids is 3. The van der Waals surface area contributed by atoms with E-state index in [1.165, 1.54) is 25.0 Å². The van der Waals surface area contributed by atoms with Gasteiger partial charge in [-0.25, -0.2) is 0 Å². The Kier molecular flexibility index (Phi) is 5.26. The van der Waals surface area contributed by atoms with Gasteiger partial charge in [0, 0.05) is 25.7 Å². The van der Waals surface area contributed by atoms with Gasteiger partial charge in [0.05, 0.1) is 0 Å². The zero-order chi connectivity index (χ0) is 22.8. The van der Waals surface area contributed by atoms with Gasteiger partial charge in [0.15, 0.2) is 11.4 Å². The summed E-state index contributed by atoms with van der Waals surface area (Å²) in [6, 6.07) is 0. The van der Waals surface area contributed by atoms with E-state index in [-0.39, 0.29) is 28.6 Å². The largest absolute Gasteiger partial charge is 0.451 e. The maximum atomic E-state index is 12.9. The average Bonchev–Trinajstić information content (AvgIpc) is 2.96. The van der Waals surface area contributed by atoms with Gasteiger partial charge >= 0.3 is 11.9 Å². The molecule has 0 unspecified atom stereocenters. The maximum Gasteiger partial charge on any atom is 0.307 e. The zero-order valence-corrected chi connectivity index (χ0v) is 19.8. The first-order chi connectivity index (χ1) is 14.4. The Labute approximate surface area is 185 Å². The maximum absolute atomic E-state index is 12.9. The van der Waals surface area contributed by atoms with Crippen LogP contribution in [0.5, 0.6) is 0 Å². The summed E-state index contributed by atoms with van der Waals surface area (Å²) in [5.74, 6) is 1.53. The third-order valence-electron chi connectivity index (χ3n) is 9.35. The first kappa shape index (κ1) is 22.3. The van der Waals surface area contributed by atoms with Gasteiger partial charge in [-0.15, -0.1) is 0 Å². The molecule has 5 heteroatoms. The molecule has 4 aliphatic carbocycles. The smallest absolute Gasteiger partial charge is 0.307 e. The van der Waals surface area contributed by atoms with Crippen LogP contribution in [-0.4, -0.2) is 23.3 Å². The van der Waals surface area contributed by atoms with Crippen molar-refractivity contribution in [1.82, 2.24) is 0 Å². The van der Waals surface area contributed by atoms with Crippen molar-refractivity contribution < 1.29 is 23.9 Å². The fourth-order valence-corrected chi connectivity index (χ4v) is 8.06. The summed E-state index contributed by atoms with van der Waals surface area (Å²) in [6.45, 7) is 11.3. The number of Topliss-reactive ketones (excluding diaryl/α,β-unsaturated/α-hetero) is 1. The number of ether oxygens (including phenoxy) is 2. The van der Waals surface area contributed by atoms with E-state index in [2.05, 4.69) is 26.8 Å². The number of fused-ring (bicyclic) bond motifs is 5. The van der Waals surface area contributed by atoms with E-state index in [0.29, 0.717) is 24.2 Å². The molecule has 0 saturated heterocycles. The molecule has 0 spiro atoms. The fraction of sp³-hybridized carbons (Fsp3) is 0.731. The van der Waals surface area contributed by atoms with Gasteiger partial charge in [-0.1, -0.05) is 19.4 Å². The minimum Gasteiger partial charge on any atom is -0.451 e. The molecule has 0 aromatic rings. The molecule has 0 aromatic carbocycles. The van der Waals surface area contributed by atoms with E-state index < -0.39 is 5.60 Å². The number of esters is 2. The van der Waals surface area contributed by atoms with Crippen molar-refractivity contribution in [2.24, 2.45) is 28.6 Å². The lowest BCUT2D eigenvalue weighted by Gasteiger charge is -2.59. The van der Waals surface area contributed by atoms with E-state index in [1.54, 1.807) is 6.92 Å². The fourth-order valence-electron chi connectivity index (χ4n) is 8.06.